The molecule has 186 valence electrons. The maximum absolute atomic E-state index is 13.1. The molecular formula is C27H29N5O4. The highest BCUT2D eigenvalue weighted by atomic mass is 16.5. The molecule has 0 heterocycles. The molecule has 2 amide bonds. The number of nitrogens with two attached hydrogens (primary N) is 1. The summed E-state index contributed by atoms with van der Waals surface area (Å²) in [5.41, 5.74) is 11.4. The molecule has 1 aliphatic rings. The Labute approximate surface area is 209 Å². The van der Waals surface area contributed by atoms with E-state index in [-0.39, 0.29) is 25.5 Å². The third-order valence-electron chi connectivity index (χ3n) is 5.95. The predicted octanol–water partition coefficient (Wildman–Crippen LogP) is 3.74. The van der Waals surface area contributed by atoms with E-state index in [9.17, 15) is 14.9 Å². The second kappa shape index (κ2) is 12.2. The third kappa shape index (κ3) is 6.30. The molecular weight excluding hydrogens is 458 g/mol. The van der Waals surface area contributed by atoms with Crippen molar-refractivity contribution in [3.05, 3.63) is 82.6 Å². The van der Waals surface area contributed by atoms with Gasteiger partial charge in [0, 0.05) is 19.4 Å². The van der Waals surface area contributed by atoms with Crippen molar-refractivity contribution in [3.8, 4) is 17.2 Å². The van der Waals surface area contributed by atoms with Crippen LogP contribution in [0.5, 0.6) is 0 Å². The number of hydrogen-bond donors (Lipinski definition) is 4. The summed E-state index contributed by atoms with van der Waals surface area (Å²) in [6, 6.07) is 16.2. The average molecular weight is 488 g/mol. The van der Waals surface area contributed by atoms with Gasteiger partial charge in [0.15, 0.2) is 0 Å². The first-order valence-corrected chi connectivity index (χ1v) is 11.5. The molecule has 9 nitrogen and oxygen atoms in total. The first-order valence-electron chi connectivity index (χ1n) is 11.5. The normalized spacial score (nSPS) is 15.0. The van der Waals surface area contributed by atoms with E-state index in [1.54, 1.807) is 19.9 Å². The lowest BCUT2D eigenvalue weighted by molar-refractivity contribution is -0.123. The van der Waals surface area contributed by atoms with E-state index in [0.29, 0.717) is 29.0 Å². The van der Waals surface area contributed by atoms with Gasteiger partial charge in [-0.15, -0.1) is 0 Å². The Morgan fingerprint density at radius 1 is 1.22 bits per heavy atom. The number of nitrogens with one attached hydrogen (secondary N) is 2. The average Bonchev–Trinajstić information content (AvgIpc) is 2.90. The Balaban J connectivity index is 1.70. The number of nitriles is 1. The molecule has 0 unspecified atom stereocenters. The van der Waals surface area contributed by atoms with E-state index in [4.69, 9.17) is 15.7 Å². The zero-order valence-corrected chi connectivity index (χ0v) is 20.2. The van der Waals surface area contributed by atoms with Crippen LogP contribution in [-0.4, -0.2) is 35.6 Å². The van der Waals surface area contributed by atoms with Crippen LogP contribution in [0.2, 0.25) is 0 Å². The second-order valence-electron chi connectivity index (χ2n) is 8.21. The Morgan fingerprint density at radius 3 is 2.61 bits per heavy atom. The Bertz CT molecular complexity index is 1260. The zero-order chi connectivity index (χ0) is 26.1. The monoisotopic (exact) mass is 487 g/mol. The smallest absolute Gasteiger partial charge is 0.407 e. The lowest BCUT2D eigenvalue weighted by Gasteiger charge is -2.23. The number of nitrogens with zero attached hydrogens (tertiary/aromatic N) is 2. The predicted molar refractivity (Wildman–Crippen MR) is 136 cm³/mol. The van der Waals surface area contributed by atoms with Crippen LogP contribution < -0.4 is 16.4 Å². The summed E-state index contributed by atoms with van der Waals surface area (Å²) >= 11 is 0. The Morgan fingerprint density at radius 2 is 1.94 bits per heavy atom. The number of carbonyl (C=O) groups excluding carboxylic acids is 2. The molecule has 0 saturated carbocycles. The number of amides is 2. The Kier molecular flexibility index (Phi) is 8.84. The van der Waals surface area contributed by atoms with Gasteiger partial charge in [-0.3, -0.25) is 4.79 Å². The van der Waals surface area contributed by atoms with Crippen LogP contribution in [-0.2, 0) is 16.1 Å². The molecule has 1 aliphatic carbocycles. The maximum atomic E-state index is 13.1. The molecule has 0 aliphatic heterocycles. The van der Waals surface area contributed by atoms with E-state index in [1.165, 1.54) is 0 Å². The van der Waals surface area contributed by atoms with Crippen molar-refractivity contribution in [1.82, 2.24) is 10.6 Å². The summed E-state index contributed by atoms with van der Waals surface area (Å²) in [6.07, 6.45) is 1.65. The fourth-order valence-corrected chi connectivity index (χ4v) is 3.89. The van der Waals surface area contributed by atoms with E-state index in [0.717, 1.165) is 22.3 Å². The Hall–Kier alpha value is -4.58. The lowest BCUT2D eigenvalue weighted by Crippen LogP contribution is -2.47. The van der Waals surface area contributed by atoms with Crippen molar-refractivity contribution < 1.29 is 19.5 Å². The van der Waals surface area contributed by atoms with Crippen molar-refractivity contribution in [2.75, 3.05) is 6.61 Å². The number of hydrogen-bond acceptors (Lipinski definition) is 7. The van der Waals surface area contributed by atoms with Crippen molar-refractivity contribution >= 4 is 17.7 Å². The van der Waals surface area contributed by atoms with Crippen LogP contribution in [0.3, 0.4) is 0 Å². The molecule has 3 rings (SSSR count). The highest BCUT2D eigenvalue weighted by Gasteiger charge is 2.26. The van der Waals surface area contributed by atoms with Gasteiger partial charge < -0.3 is 26.3 Å². The minimum atomic E-state index is -0.896. The van der Waals surface area contributed by atoms with Crippen LogP contribution in [0, 0.1) is 11.3 Å². The topological polar surface area (TPSA) is 150 Å². The first-order chi connectivity index (χ1) is 17.4. The van der Waals surface area contributed by atoms with Crippen LogP contribution in [0.15, 0.2) is 76.6 Å². The number of benzene rings is 2. The fourth-order valence-electron chi connectivity index (χ4n) is 3.89. The highest BCUT2D eigenvalue weighted by Crippen LogP contribution is 2.25. The van der Waals surface area contributed by atoms with E-state index in [2.05, 4.69) is 21.9 Å². The summed E-state index contributed by atoms with van der Waals surface area (Å²) in [7, 11) is 0. The summed E-state index contributed by atoms with van der Waals surface area (Å²) < 4.78 is 4.97. The van der Waals surface area contributed by atoms with Gasteiger partial charge >= 0.3 is 6.09 Å². The molecule has 0 radical (unpaired) electrons. The molecule has 0 saturated heterocycles. The van der Waals surface area contributed by atoms with Gasteiger partial charge in [-0.1, -0.05) is 53.7 Å². The van der Waals surface area contributed by atoms with Gasteiger partial charge in [0.25, 0.3) is 0 Å². The molecule has 1 atom stereocenters. The van der Waals surface area contributed by atoms with Crippen LogP contribution in [0.1, 0.15) is 37.8 Å². The molecule has 2 aromatic carbocycles. The minimum Gasteiger partial charge on any atom is -0.450 e. The SMILES string of the molecule is CCOC(=O)N[C@@H](CC1=CCC(=NO)C(N)=C1C)C(=O)NCc1ccc(-c2ccccc2C#N)cc1. The van der Waals surface area contributed by atoms with Gasteiger partial charge in [0.05, 0.1) is 23.9 Å². The van der Waals surface area contributed by atoms with Gasteiger partial charge in [0.1, 0.15) is 11.8 Å². The first kappa shape index (κ1) is 26.0. The standard InChI is InChI=1S/C27H29N5O4/c1-3-36-27(34)31-24(14-20-12-13-23(32-35)25(29)17(20)2)26(33)30-16-18-8-10-19(11-9-18)22-7-5-4-6-21(22)15-28/h4-12,24,35H,3,13-14,16,29H2,1-2H3,(H,30,33)(H,31,34)/t24-/m0/s1. The minimum absolute atomic E-state index is 0.173. The fraction of sp³-hybridized carbons (Fsp3) is 0.259. The van der Waals surface area contributed by atoms with Crippen LogP contribution >= 0.6 is 0 Å². The quantitative estimate of drug-likeness (QED) is 0.329. The van der Waals surface area contributed by atoms with Crippen molar-refractivity contribution in [2.24, 2.45) is 10.9 Å². The number of carbonyl (C=O) groups is 2. The molecule has 0 aromatic heterocycles. The number of rotatable bonds is 8. The molecule has 0 bridgehead atoms. The summed E-state index contributed by atoms with van der Waals surface area (Å²) in [5, 5.41) is 27.1. The van der Waals surface area contributed by atoms with Crippen LogP contribution in [0.25, 0.3) is 11.1 Å². The number of allylic oxidation sites excluding steroid dienone is 3. The van der Waals surface area contributed by atoms with Crippen LogP contribution in [0.4, 0.5) is 4.79 Å². The van der Waals surface area contributed by atoms with E-state index >= 15 is 0 Å². The molecule has 9 heteroatoms. The van der Waals surface area contributed by atoms with Crippen molar-refractivity contribution in [2.45, 2.75) is 39.3 Å². The van der Waals surface area contributed by atoms with Gasteiger partial charge in [-0.05, 0) is 47.8 Å². The van der Waals surface area contributed by atoms with E-state index < -0.39 is 12.1 Å². The molecule has 36 heavy (non-hydrogen) atoms. The molecule has 0 fully saturated rings. The molecule has 5 N–H and O–H groups in total. The highest BCUT2D eigenvalue weighted by molar-refractivity contribution is 6.02. The van der Waals surface area contributed by atoms with Gasteiger partial charge in [-0.2, -0.15) is 5.26 Å². The number of ether oxygens (including phenoxy) is 1. The molecule has 0 spiro atoms. The molecule has 2 aromatic rings. The third-order valence-corrected chi connectivity index (χ3v) is 5.95. The summed E-state index contributed by atoms with van der Waals surface area (Å²) in [5.74, 6) is -0.379. The maximum Gasteiger partial charge on any atom is 0.407 e. The number of oxime groups is 1. The number of alkyl carbamates (subject to hydrolysis) is 1. The van der Waals surface area contributed by atoms with Crippen molar-refractivity contribution in [3.63, 3.8) is 0 Å². The van der Waals surface area contributed by atoms with E-state index in [1.807, 2.05) is 48.5 Å². The summed E-state index contributed by atoms with van der Waals surface area (Å²) in [4.78, 5) is 25.2. The largest absolute Gasteiger partial charge is 0.450 e. The lowest BCUT2D eigenvalue weighted by atomic mass is 9.90. The van der Waals surface area contributed by atoms with Gasteiger partial charge in [-0.25, -0.2) is 4.79 Å². The van der Waals surface area contributed by atoms with Gasteiger partial charge in [0.2, 0.25) is 5.91 Å². The zero-order valence-electron chi connectivity index (χ0n) is 20.2. The second-order valence-corrected chi connectivity index (χ2v) is 8.21. The summed E-state index contributed by atoms with van der Waals surface area (Å²) in [6.45, 7) is 3.88. The van der Waals surface area contributed by atoms with Crippen molar-refractivity contribution in [1.29, 1.82) is 5.26 Å².